The molecule has 2 N–H and O–H groups in total. The Morgan fingerprint density at radius 1 is 1.07 bits per heavy atom. The number of benzene rings is 1. The van der Waals surface area contributed by atoms with Crippen molar-refractivity contribution < 1.29 is 9.63 Å². The maximum absolute atomic E-state index is 12.6. The summed E-state index contributed by atoms with van der Waals surface area (Å²) < 4.78 is 2.20. The molecule has 0 aliphatic carbocycles. The molecule has 0 aliphatic heterocycles. The standard InChI is InChI=1S/C20H15Cl3N2O3S/c21-15-11-16(22)19(26)25(17(15)7-5-14-6-8-18(23)29-14)10-9-12-1-3-13(4-2-12)20(27)28-24/h1-8,11H,9-10,24H2/b7-5+. The second-order valence-corrected chi connectivity index (χ2v) is 8.57. The molecular formula is C20H15Cl3N2O3S. The number of halogens is 3. The van der Waals surface area contributed by atoms with Gasteiger partial charge < -0.3 is 9.40 Å². The van der Waals surface area contributed by atoms with Gasteiger partial charge in [-0.2, -0.15) is 5.90 Å². The van der Waals surface area contributed by atoms with E-state index in [4.69, 9.17) is 40.7 Å². The van der Waals surface area contributed by atoms with Crippen molar-refractivity contribution in [3.8, 4) is 0 Å². The van der Waals surface area contributed by atoms with Crippen LogP contribution in [0.2, 0.25) is 14.4 Å². The van der Waals surface area contributed by atoms with Crippen LogP contribution in [-0.2, 0) is 17.8 Å². The summed E-state index contributed by atoms with van der Waals surface area (Å²) >= 11 is 19.8. The van der Waals surface area contributed by atoms with Crippen LogP contribution >= 0.6 is 46.1 Å². The fourth-order valence-electron chi connectivity index (χ4n) is 2.70. The fourth-order valence-corrected chi connectivity index (χ4v) is 4.21. The molecule has 0 atom stereocenters. The van der Waals surface area contributed by atoms with Crippen LogP contribution < -0.4 is 11.5 Å². The van der Waals surface area contributed by atoms with E-state index in [1.165, 1.54) is 22.0 Å². The molecule has 0 saturated heterocycles. The molecule has 2 aromatic heterocycles. The number of hydrogen-bond donors (Lipinski definition) is 1. The minimum atomic E-state index is -0.615. The predicted octanol–water partition coefficient (Wildman–Crippen LogP) is 5.31. The van der Waals surface area contributed by atoms with Gasteiger partial charge in [-0.1, -0.05) is 46.9 Å². The van der Waals surface area contributed by atoms with Crippen LogP contribution in [0.4, 0.5) is 0 Å². The molecular weight excluding hydrogens is 455 g/mol. The lowest BCUT2D eigenvalue weighted by Crippen LogP contribution is -2.24. The SMILES string of the molecule is NOC(=O)c1ccc(CCn2c(/C=C/c3ccc(Cl)s3)c(Cl)cc(Cl)c2=O)cc1. The van der Waals surface area contributed by atoms with E-state index in [0.29, 0.717) is 33.6 Å². The normalized spacial score (nSPS) is 11.2. The highest BCUT2D eigenvalue weighted by atomic mass is 35.5. The third kappa shape index (κ3) is 5.29. The molecule has 0 bridgehead atoms. The summed E-state index contributed by atoms with van der Waals surface area (Å²) in [6, 6.07) is 11.9. The largest absolute Gasteiger partial charge is 0.370 e. The Bertz CT molecular complexity index is 1120. The number of carbonyl (C=O) groups is 1. The number of thiophene rings is 1. The molecule has 1 aromatic carbocycles. The summed E-state index contributed by atoms with van der Waals surface area (Å²) in [4.78, 5) is 29.2. The number of nitrogens with two attached hydrogens (primary N) is 1. The van der Waals surface area contributed by atoms with Crippen LogP contribution in [0.25, 0.3) is 12.2 Å². The summed E-state index contributed by atoms with van der Waals surface area (Å²) in [5, 5.41) is 0.418. The molecule has 9 heteroatoms. The molecule has 0 saturated carbocycles. The van der Waals surface area contributed by atoms with Gasteiger partial charge in [0.2, 0.25) is 0 Å². The Labute approximate surface area is 185 Å². The van der Waals surface area contributed by atoms with Crippen molar-refractivity contribution in [3.63, 3.8) is 0 Å². The average Bonchev–Trinajstić information content (AvgIpc) is 3.13. The molecule has 0 unspecified atom stereocenters. The molecule has 0 amide bonds. The molecule has 29 heavy (non-hydrogen) atoms. The monoisotopic (exact) mass is 468 g/mol. The van der Waals surface area contributed by atoms with Gasteiger partial charge in [-0.15, -0.1) is 11.3 Å². The van der Waals surface area contributed by atoms with Crippen molar-refractivity contribution in [2.45, 2.75) is 13.0 Å². The average molecular weight is 470 g/mol. The lowest BCUT2D eigenvalue weighted by molar-refractivity contribution is 0.0503. The first-order valence-corrected chi connectivity index (χ1v) is 10.4. The zero-order chi connectivity index (χ0) is 21.0. The van der Waals surface area contributed by atoms with Crippen LogP contribution in [0, 0.1) is 0 Å². The Hall–Kier alpha value is -2.09. The zero-order valence-electron chi connectivity index (χ0n) is 14.9. The maximum atomic E-state index is 12.6. The molecule has 0 radical (unpaired) electrons. The number of hydrogen-bond acceptors (Lipinski definition) is 5. The van der Waals surface area contributed by atoms with Crippen molar-refractivity contribution in [1.82, 2.24) is 4.57 Å². The first-order valence-electron chi connectivity index (χ1n) is 8.41. The number of pyridine rings is 1. The van der Waals surface area contributed by atoms with Gasteiger partial charge in [-0.05, 0) is 54.5 Å². The third-order valence-electron chi connectivity index (χ3n) is 4.16. The van der Waals surface area contributed by atoms with Gasteiger partial charge in [0.1, 0.15) is 5.02 Å². The van der Waals surface area contributed by atoms with Crippen molar-refractivity contribution >= 4 is 64.3 Å². The molecule has 3 aromatic rings. The molecule has 2 heterocycles. The van der Waals surface area contributed by atoms with Gasteiger partial charge in [-0.25, -0.2) is 4.79 Å². The Morgan fingerprint density at radius 2 is 1.79 bits per heavy atom. The topological polar surface area (TPSA) is 74.3 Å². The first-order chi connectivity index (χ1) is 13.9. The third-order valence-corrected chi connectivity index (χ3v) is 5.93. The van der Waals surface area contributed by atoms with Crippen molar-refractivity contribution in [3.05, 3.63) is 88.9 Å². The Kier molecular flexibility index (Phi) is 7.16. The lowest BCUT2D eigenvalue weighted by Gasteiger charge is -2.13. The second-order valence-electron chi connectivity index (χ2n) is 6.01. The summed E-state index contributed by atoms with van der Waals surface area (Å²) in [6.07, 6.45) is 4.14. The number of aryl methyl sites for hydroxylation is 1. The number of carbonyl (C=O) groups excluding carboxylic acids is 1. The van der Waals surface area contributed by atoms with E-state index in [1.54, 1.807) is 36.4 Å². The van der Waals surface area contributed by atoms with Crippen LogP contribution in [0.15, 0.2) is 47.3 Å². The van der Waals surface area contributed by atoms with E-state index < -0.39 is 5.97 Å². The van der Waals surface area contributed by atoms with E-state index in [9.17, 15) is 9.59 Å². The van der Waals surface area contributed by atoms with Gasteiger partial charge in [0.15, 0.2) is 0 Å². The summed E-state index contributed by atoms with van der Waals surface area (Å²) in [7, 11) is 0. The van der Waals surface area contributed by atoms with E-state index in [2.05, 4.69) is 4.84 Å². The second kappa shape index (κ2) is 9.61. The van der Waals surface area contributed by atoms with E-state index in [0.717, 1.165) is 10.4 Å². The van der Waals surface area contributed by atoms with Crippen molar-refractivity contribution in [1.29, 1.82) is 0 Å². The summed E-state index contributed by atoms with van der Waals surface area (Å²) in [5.74, 6) is 4.27. The van der Waals surface area contributed by atoms with Crippen LogP contribution in [0.5, 0.6) is 0 Å². The lowest BCUT2D eigenvalue weighted by atomic mass is 10.1. The minimum Gasteiger partial charge on any atom is -0.370 e. The molecule has 5 nitrogen and oxygen atoms in total. The summed E-state index contributed by atoms with van der Waals surface area (Å²) in [6.45, 7) is 0.352. The van der Waals surface area contributed by atoms with E-state index >= 15 is 0 Å². The van der Waals surface area contributed by atoms with Gasteiger partial charge in [0.25, 0.3) is 5.56 Å². The Balaban J connectivity index is 1.87. The highest BCUT2D eigenvalue weighted by Gasteiger charge is 2.12. The summed E-state index contributed by atoms with van der Waals surface area (Å²) in [5.41, 5.74) is 1.48. The van der Waals surface area contributed by atoms with Crippen molar-refractivity contribution in [2.24, 2.45) is 5.90 Å². The Morgan fingerprint density at radius 3 is 2.41 bits per heavy atom. The maximum Gasteiger partial charge on any atom is 0.356 e. The van der Waals surface area contributed by atoms with Crippen molar-refractivity contribution in [2.75, 3.05) is 0 Å². The zero-order valence-corrected chi connectivity index (χ0v) is 18.0. The predicted molar refractivity (Wildman–Crippen MR) is 119 cm³/mol. The molecule has 0 fully saturated rings. The number of nitrogens with zero attached hydrogens (tertiary/aromatic N) is 1. The van der Waals surface area contributed by atoms with Gasteiger partial charge >= 0.3 is 5.97 Å². The number of aromatic nitrogens is 1. The highest BCUT2D eigenvalue weighted by Crippen LogP contribution is 2.25. The van der Waals surface area contributed by atoms with Crippen LogP contribution in [0.3, 0.4) is 0 Å². The van der Waals surface area contributed by atoms with E-state index in [-0.39, 0.29) is 10.6 Å². The molecule has 150 valence electrons. The van der Waals surface area contributed by atoms with Gasteiger partial charge in [0.05, 0.1) is 20.6 Å². The number of rotatable bonds is 6. The fraction of sp³-hybridized carbons (Fsp3) is 0.100. The highest BCUT2D eigenvalue weighted by molar-refractivity contribution is 7.17. The molecule has 3 rings (SSSR count). The smallest absolute Gasteiger partial charge is 0.356 e. The minimum absolute atomic E-state index is 0.0485. The van der Waals surface area contributed by atoms with Gasteiger partial charge in [0, 0.05) is 11.4 Å². The molecule has 0 spiro atoms. The van der Waals surface area contributed by atoms with Crippen LogP contribution in [-0.4, -0.2) is 10.5 Å². The van der Waals surface area contributed by atoms with Gasteiger partial charge in [-0.3, -0.25) is 4.79 Å². The van der Waals surface area contributed by atoms with E-state index in [1.807, 2.05) is 12.1 Å². The van der Waals surface area contributed by atoms with Crippen LogP contribution in [0.1, 0.15) is 26.5 Å². The first kappa shape index (κ1) is 21.6. The quantitative estimate of drug-likeness (QED) is 0.496. The molecule has 0 aliphatic rings.